The lowest BCUT2D eigenvalue weighted by atomic mass is 10.0. The van der Waals surface area contributed by atoms with Crippen molar-refractivity contribution in [2.45, 2.75) is 0 Å². The van der Waals surface area contributed by atoms with E-state index in [-0.39, 0.29) is 0 Å². The predicted molar refractivity (Wildman–Crippen MR) is 122 cm³/mol. The van der Waals surface area contributed by atoms with Gasteiger partial charge in [-0.1, -0.05) is 54.6 Å². The van der Waals surface area contributed by atoms with Crippen LogP contribution in [0.5, 0.6) is 11.5 Å². The van der Waals surface area contributed by atoms with Gasteiger partial charge >= 0.3 is 0 Å². The molecule has 0 radical (unpaired) electrons. The molecule has 0 aliphatic carbocycles. The van der Waals surface area contributed by atoms with Crippen molar-refractivity contribution >= 4 is 5.65 Å². The van der Waals surface area contributed by atoms with Gasteiger partial charge in [-0.05, 0) is 47.0 Å². The van der Waals surface area contributed by atoms with E-state index in [2.05, 4.69) is 39.0 Å². The third-order valence-corrected chi connectivity index (χ3v) is 5.36. The van der Waals surface area contributed by atoms with Gasteiger partial charge in [-0.15, -0.1) is 10.2 Å². The maximum absolute atomic E-state index is 5.32. The molecule has 0 atom stereocenters. The monoisotopic (exact) mass is 407 g/mol. The summed E-state index contributed by atoms with van der Waals surface area (Å²) in [7, 11) is 3.34. The van der Waals surface area contributed by atoms with Crippen LogP contribution < -0.4 is 9.47 Å². The number of pyridine rings is 1. The van der Waals surface area contributed by atoms with Crippen LogP contribution in [-0.4, -0.2) is 28.8 Å². The van der Waals surface area contributed by atoms with Gasteiger partial charge in [0.25, 0.3) is 0 Å². The Kier molecular flexibility index (Phi) is 4.84. The molecule has 5 nitrogen and oxygen atoms in total. The Hall–Kier alpha value is -4.12. The van der Waals surface area contributed by atoms with Crippen molar-refractivity contribution < 1.29 is 9.47 Å². The largest absolute Gasteiger partial charge is 0.497 e. The molecule has 0 saturated carbocycles. The molecular weight excluding hydrogens is 386 g/mol. The van der Waals surface area contributed by atoms with Crippen LogP contribution in [-0.2, 0) is 0 Å². The van der Waals surface area contributed by atoms with E-state index in [1.165, 1.54) is 0 Å². The maximum Gasteiger partial charge on any atom is 0.169 e. The first-order valence-corrected chi connectivity index (χ1v) is 10.00. The minimum absolute atomic E-state index is 0.806. The van der Waals surface area contributed by atoms with E-state index in [4.69, 9.17) is 9.47 Å². The molecule has 5 heteroatoms. The standard InChI is InChI=1S/C26H21N3O2/c1-30-22-12-8-18(9-13-22)21-16-24(19-10-14-23(31-2)15-11-19)26-28-27-25(29(26)17-21)20-6-4-3-5-7-20/h3-17H,1-2H3. The van der Waals surface area contributed by atoms with Gasteiger partial charge < -0.3 is 9.47 Å². The number of aromatic nitrogens is 3. The van der Waals surface area contributed by atoms with E-state index in [1.54, 1.807) is 14.2 Å². The van der Waals surface area contributed by atoms with Crippen molar-refractivity contribution in [3.8, 4) is 45.1 Å². The Bertz CT molecular complexity index is 1330. The van der Waals surface area contributed by atoms with Crippen molar-refractivity contribution in [1.82, 2.24) is 14.6 Å². The summed E-state index contributed by atoms with van der Waals surface area (Å²) in [4.78, 5) is 0. The number of nitrogens with zero attached hydrogens (tertiary/aromatic N) is 3. The van der Waals surface area contributed by atoms with Crippen LogP contribution in [0.25, 0.3) is 39.3 Å². The van der Waals surface area contributed by atoms with E-state index in [9.17, 15) is 0 Å². The summed E-state index contributed by atoms with van der Waals surface area (Å²) in [5, 5.41) is 9.05. The molecule has 0 N–H and O–H groups in total. The number of ether oxygens (including phenoxy) is 2. The van der Waals surface area contributed by atoms with Crippen LogP contribution in [0.1, 0.15) is 0 Å². The molecule has 31 heavy (non-hydrogen) atoms. The third-order valence-electron chi connectivity index (χ3n) is 5.36. The topological polar surface area (TPSA) is 48.7 Å². The molecule has 2 heterocycles. The highest BCUT2D eigenvalue weighted by molar-refractivity contribution is 5.84. The highest BCUT2D eigenvalue weighted by Crippen LogP contribution is 2.33. The van der Waals surface area contributed by atoms with Crippen LogP contribution in [0.2, 0.25) is 0 Å². The summed E-state index contributed by atoms with van der Waals surface area (Å²) in [5.41, 5.74) is 6.03. The van der Waals surface area contributed by atoms with E-state index < -0.39 is 0 Å². The quantitative estimate of drug-likeness (QED) is 0.372. The van der Waals surface area contributed by atoms with E-state index in [1.807, 2.05) is 66.7 Å². The van der Waals surface area contributed by atoms with Crippen molar-refractivity contribution in [1.29, 1.82) is 0 Å². The summed E-state index contributed by atoms with van der Waals surface area (Å²) < 4.78 is 12.7. The fraction of sp³-hybridized carbons (Fsp3) is 0.0769. The number of hydrogen-bond acceptors (Lipinski definition) is 4. The molecule has 0 amide bonds. The molecule has 5 rings (SSSR count). The Labute approximate surface area is 180 Å². The zero-order valence-electron chi connectivity index (χ0n) is 17.3. The molecular formula is C26H21N3O2. The molecule has 0 unspecified atom stereocenters. The number of hydrogen-bond donors (Lipinski definition) is 0. The number of methoxy groups -OCH3 is 2. The van der Waals surface area contributed by atoms with Gasteiger partial charge in [-0.2, -0.15) is 0 Å². The first kappa shape index (κ1) is 18.9. The third kappa shape index (κ3) is 3.51. The second kappa shape index (κ2) is 7.95. The van der Waals surface area contributed by atoms with Crippen LogP contribution >= 0.6 is 0 Å². The fourth-order valence-corrected chi connectivity index (χ4v) is 3.70. The van der Waals surface area contributed by atoms with E-state index >= 15 is 0 Å². The first-order valence-electron chi connectivity index (χ1n) is 10.00. The Balaban J connectivity index is 1.74. The van der Waals surface area contributed by atoms with Gasteiger partial charge in [-0.25, -0.2) is 0 Å². The summed E-state index contributed by atoms with van der Waals surface area (Å²) >= 11 is 0. The van der Waals surface area contributed by atoms with Gasteiger partial charge in [0.2, 0.25) is 0 Å². The lowest BCUT2D eigenvalue weighted by Crippen LogP contribution is -1.94. The Morgan fingerprint density at radius 1 is 0.613 bits per heavy atom. The number of benzene rings is 3. The smallest absolute Gasteiger partial charge is 0.169 e. The molecule has 0 aliphatic rings. The number of rotatable bonds is 5. The minimum Gasteiger partial charge on any atom is -0.497 e. The molecule has 0 spiro atoms. The zero-order chi connectivity index (χ0) is 21.2. The summed E-state index contributed by atoms with van der Waals surface area (Å²) in [6.07, 6.45) is 2.09. The van der Waals surface area contributed by atoms with Crippen LogP contribution in [0, 0.1) is 0 Å². The summed E-state index contributed by atoms with van der Waals surface area (Å²) in [6.45, 7) is 0. The van der Waals surface area contributed by atoms with Gasteiger partial charge in [0.05, 0.1) is 14.2 Å². The van der Waals surface area contributed by atoms with Crippen molar-refractivity contribution in [3.63, 3.8) is 0 Å². The number of fused-ring (bicyclic) bond motifs is 1. The molecule has 0 fully saturated rings. The molecule has 5 aromatic rings. The minimum atomic E-state index is 0.806. The molecule has 0 saturated heterocycles. The normalized spacial score (nSPS) is 10.9. The predicted octanol–water partition coefficient (Wildman–Crippen LogP) is 5.75. The highest BCUT2D eigenvalue weighted by atomic mass is 16.5. The highest BCUT2D eigenvalue weighted by Gasteiger charge is 2.15. The Morgan fingerprint density at radius 2 is 1.23 bits per heavy atom. The lowest BCUT2D eigenvalue weighted by molar-refractivity contribution is 0.415. The second-order valence-corrected chi connectivity index (χ2v) is 7.18. The van der Waals surface area contributed by atoms with E-state index in [0.717, 1.165) is 50.8 Å². The SMILES string of the molecule is COc1ccc(-c2cc(-c3ccc(OC)cc3)c3nnc(-c4ccccc4)n3c2)cc1. The van der Waals surface area contributed by atoms with E-state index in [0.29, 0.717) is 0 Å². The Morgan fingerprint density at radius 3 is 1.84 bits per heavy atom. The van der Waals surface area contributed by atoms with Crippen LogP contribution in [0.15, 0.2) is 91.1 Å². The van der Waals surface area contributed by atoms with Crippen molar-refractivity contribution in [2.24, 2.45) is 0 Å². The summed E-state index contributed by atoms with van der Waals surface area (Å²) in [5.74, 6) is 2.45. The molecule has 2 aromatic heterocycles. The van der Waals surface area contributed by atoms with Gasteiger partial charge in [0.15, 0.2) is 11.5 Å². The van der Waals surface area contributed by atoms with Crippen LogP contribution in [0.3, 0.4) is 0 Å². The molecule has 3 aromatic carbocycles. The first-order chi connectivity index (χ1) is 15.3. The molecule has 0 aliphatic heterocycles. The van der Waals surface area contributed by atoms with Gasteiger partial charge in [-0.3, -0.25) is 4.40 Å². The van der Waals surface area contributed by atoms with Crippen molar-refractivity contribution in [3.05, 3.63) is 91.1 Å². The fourth-order valence-electron chi connectivity index (χ4n) is 3.70. The molecule has 0 bridgehead atoms. The lowest BCUT2D eigenvalue weighted by Gasteiger charge is -2.11. The maximum atomic E-state index is 5.32. The zero-order valence-corrected chi connectivity index (χ0v) is 17.3. The van der Waals surface area contributed by atoms with Gasteiger partial charge in [0, 0.05) is 17.3 Å². The second-order valence-electron chi connectivity index (χ2n) is 7.18. The van der Waals surface area contributed by atoms with Gasteiger partial charge in [0.1, 0.15) is 11.5 Å². The molecule has 152 valence electrons. The van der Waals surface area contributed by atoms with Crippen molar-refractivity contribution in [2.75, 3.05) is 14.2 Å². The summed E-state index contributed by atoms with van der Waals surface area (Å²) in [6, 6.07) is 28.3. The van der Waals surface area contributed by atoms with Crippen LogP contribution in [0.4, 0.5) is 0 Å². The average Bonchev–Trinajstić information content (AvgIpc) is 3.28. The average molecular weight is 407 g/mol.